The molecule has 0 atom stereocenters. The van der Waals surface area contributed by atoms with E-state index in [1.165, 1.54) is 12.1 Å². The molecule has 31 heavy (non-hydrogen) atoms. The molecule has 0 amide bonds. The minimum Gasteiger partial charge on any atom is -0.494 e. The van der Waals surface area contributed by atoms with Crippen molar-refractivity contribution >= 4 is 17.0 Å². The van der Waals surface area contributed by atoms with Crippen molar-refractivity contribution in [3.05, 3.63) is 95.4 Å². The number of hydrogen-bond donors (Lipinski definition) is 2. The van der Waals surface area contributed by atoms with E-state index in [1.807, 2.05) is 39.5 Å². The van der Waals surface area contributed by atoms with Crippen molar-refractivity contribution in [1.29, 1.82) is 5.41 Å². The number of aryl methyl sites for hydroxylation is 1. The van der Waals surface area contributed by atoms with Gasteiger partial charge in [0.1, 0.15) is 11.6 Å². The first-order valence-electron chi connectivity index (χ1n) is 9.96. The summed E-state index contributed by atoms with van der Waals surface area (Å²) in [5.74, 6) is -0.664. The minimum absolute atomic E-state index is 0.228. The number of nitrogens with zero attached hydrogens (tertiary/aromatic N) is 2. The van der Waals surface area contributed by atoms with Crippen molar-refractivity contribution in [3.8, 4) is 5.75 Å². The van der Waals surface area contributed by atoms with Gasteiger partial charge in [-0.05, 0) is 60.5 Å². The van der Waals surface area contributed by atoms with Crippen molar-refractivity contribution in [3.63, 3.8) is 0 Å². The summed E-state index contributed by atoms with van der Waals surface area (Å²) < 4.78 is 22.5. The van der Waals surface area contributed by atoms with Crippen molar-refractivity contribution in [1.82, 2.24) is 9.13 Å². The highest BCUT2D eigenvalue weighted by atomic mass is 19.1. The van der Waals surface area contributed by atoms with Crippen LogP contribution in [0, 0.1) is 11.2 Å². The van der Waals surface area contributed by atoms with Gasteiger partial charge in [-0.15, -0.1) is 0 Å². The standard InChI is InChI=1S/C24H22FN3O3/c25-19-9-11-20(12-10-19)31-14-4-13-27-21-7-1-2-8-22(21)28(24(27)26)16-17-5-3-6-18(15-17)23(29)30/h1-3,5-12,15,26H,4,13-14,16H2,(H,29,30). The molecule has 4 rings (SSSR count). The lowest BCUT2D eigenvalue weighted by Gasteiger charge is -2.08. The maximum Gasteiger partial charge on any atom is 0.335 e. The van der Waals surface area contributed by atoms with E-state index >= 15 is 0 Å². The third kappa shape index (κ3) is 4.50. The summed E-state index contributed by atoms with van der Waals surface area (Å²) >= 11 is 0. The fourth-order valence-electron chi connectivity index (χ4n) is 3.61. The Morgan fingerprint density at radius 2 is 1.68 bits per heavy atom. The number of fused-ring (bicyclic) bond motifs is 1. The van der Waals surface area contributed by atoms with E-state index in [9.17, 15) is 14.3 Å². The Bertz CT molecular complexity index is 1280. The van der Waals surface area contributed by atoms with Crippen LogP contribution in [0.5, 0.6) is 5.75 Å². The molecule has 4 aromatic rings. The molecular formula is C24H22FN3O3. The molecule has 0 saturated heterocycles. The van der Waals surface area contributed by atoms with Crippen LogP contribution < -0.4 is 10.4 Å². The van der Waals surface area contributed by atoms with E-state index in [-0.39, 0.29) is 11.4 Å². The molecule has 0 aliphatic rings. The summed E-state index contributed by atoms with van der Waals surface area (Å²) in [6.07, 6.45) is 0.677. The van der Waals surface area contributed by atoms with Crippen molar-refractivity contribution in [2.24, 2.45) is 0 Å². The predicted molar refractivity (Wildman–Crippen MR) is 115 cm³/mol. The van der Waals surface area contributed by atoms with Crippen LogP contribution in [0.25, 0.3) is 11.0 Å². The highest BCUT2D eigenvalue weighted by molar-refractivity contribution is 5.87. The van der Waals surface area contributed by atoms with Gasteiger partial charge in [0, 0.05) is 6.54 Å². The Morgan fingerprint density at radius 1 is 0.968 bits per heavy atom. The normalized spacial score (nSPS) is 11.0. The van der Waals surface area contributed by atoms with Crippen LogP contribution in [0.15, 0.2) is 72.8 Å². The zero-order chi connectivity index (χ0) is 21.8. The van der Waals surface area contributed by atoms with Gasteiger partial charge < -0.3 is 19.0 Å². The summed E-state index contributed by atoms with van der Waals surface area (Å²) in [6, 6.07) is 20.5. The van der Waals surface area contributed by atoms with E-state index < -0.39 is 5.97 Å². The molecule has 158 valence electrons. The first-order valence-corrected chi connectivity index (χ1v) is 9.96. The number of imidazole rings is 1. The maximum absolute atomic E-state index is 13.0. The number of aromatic carboxylic acids is 1. The van der Waals surface area contributed by atoms with E-state index in [4.69, 9.17) is 10.1 Å². The van der Waals surface area contributed by atoms with Crippen LogP contribution in [0.3, 0.4) is 0 Å². The molecule has 0 aliphatic carbocycles. The average Bonchev–Trinajstić information content (AvgIpc) is 3.04. The van der Waals surface area contributed by atoms with E-state index in [1.54, 1.807) is 30.3 Å². The molecule has 0 spiro atoms. The van der Waals surface area contributed by atoms with Gasteiger partial charge in [-0.25, -0.2) is 9.18 Å². The zero-order valence-electron chi connectivity index (χ0n) is 16.8. The zero-order valence-corrected chi connectivity index (χ0v) is 16.8. The number of para-hydroxylation sites is 2. The molecule has 7 heteroatoms. The number of ether oxygens (including phenoxy) is 1. The maximum atomic E-state index is 13.0. The van der Waals surface area contributed by atoms with Crippen molar-refractivity contribution in [2.45, 2.75) is 19.5 Å². The molecule has 0 saturated carbocycles. The molecule has 6 nitrogen and oxygen atoms in total. The van der Waals surface area contributed by atoms with E-state index in [0.29, 0.717) is 37.5 Å². The minimum atomic E-state index is -0.971. The fourth-order valence-corrected chi connectivity index (χ4v) is 3.61. The molecule has 2 N–H and O–H groups in total. The molecule has 1 aromatic heterocycles. The number of benzene rings is 3. The van der Waals surface area contributed by atoms with Gasteiger partial charge in [0.15, 0.2) is 0 Å². The summed E-state index contributed by atoms with van der Waals surface area (Å²) in [5.41, 5.74) is 3.23. The van der Waals surface area contributed by atoms with Crippen molar-refractivity contribution in [2.75, 3.05) is 6.61 Å². The Labute approximate surface area is 178 Å². The van der Waals surface area contributed by atoms with Crippen molar-refractivity contribution < 1.29 is 19.0 Å². The van der Waals surface area contributed by atoms with Crippen LogP contribution >= 0.6 is 0 Å². The van der Waals surface area contributed by atoms with Crippen LogP contribution in [0.4, 0.5) is 4.39 Å². The van der Waals surface area contributed by atoms with Crippen LogP contribution in [0.2, 0.25) is 0 Å². The number of rotatable bonds is 8. The molecule has 0 unspecified atom stereocenters. The fraction of sp³-hybridized carbons (Fsp3) is 0.167. The topological polar surface area (TPSA) is 80.2 Å². The summed E-state index contributed by atoms with van der Waals surface area (Å²) in [5, 5.41) is 18.0. The lowest BCUT2D eigenvalue weighted by Crippen LogP contribution is -2.25. The van der Waals surface area contributed by atoms with E-state index in [2.05, 4.69) is 0 Å². The van der Waals surface area contributed by atoms with Gasteiger partial charge in [-0.1, -0.05) is 24.3 Å². The number of halogens is 1. The van der Waals surface area contributed by atoms with Gasteiger partial charge in [-0.2, -0.15) is 0 Å². The Kier molecular flexibility index (Phi) is 5.84. The summed E-state index contributed by atoms with van der Waals surface area (Å²) in [4.78, 5) is 11.3. The molecule has 0 fully saturated rings. The molecule has 0 bridgehead atoms. The number of carboxylic acid groups (broad SMARTS) is 1. The smallest absolute Gasteiger partial charge is 0.335 e. The number of carboxylic acids is 1. The number of aromatic nitrogens is 2. The highest BCUT2D eigenvalue weighted by Crippen LogP contribution is 2.16. The number of hydrogen-bond acceptors (Lipinski definition) is 3. The quantitative estimate of drug-likeness (QED) is 0.419. The van der Waals surface area contributed by atoms with Gasteiger partial charge in [0.25, 0.3) is 0 Å². The number of nitrogens with one attached hydrogen (secondary N) is 1. The Hall–Kier alpha value is -3.87. The molecule has 1 heterocycles. The van der Waals surface area contributed by atoms with Gasteiger partial charge in [0.2, 0.25) is 5.62 Å². The third-order valence-corrected chi connectivity index (χ3v) is 5.10. The lowest BCUT2D eigenvalue weighted by atomic mass is 10.1. The van der Waals surface area contributed by atoms with Crippen LogP contribution in [0.1, 0.15) is 22.3 Å². The predicted octanol–water partition coefficient (Wildman–Crippen LogP) is 4.28. The largest absolute Gasteiger partial charge is 0.494 e. The molecular weight excluding hydrogens is 397 g/mol. The van der Waals surface area contributed by atoms with E-state index in [0.717, 1.165) is 16.6 Å². The van der Waals surface area contributed by atoms with Gasteiger partial charge in [-0.3, -0.25) is 5.41 Å². The monoisotopic (exact) mass is 419 g/mol. The first kappa shape index (κ1) is 20.4. The molecule has 3 aromatic carbocycles. The molecule has 0 radical (unpaired) electrons. The Morgan fingerprint density at radius 3 is 2.39 bits per heavy atom. The first-order chi connectivity index (χ1) is 15.0. The Balaban J connectivity index is 1.54. The molecule has 0 aliphatic heterocycles. The number of carbonyl (C=O) groups is 1. The summed E-state index contributed by atoms with van der Waals surface area (Å²) in [6.45, 7) is 1.43. The third-order valence-electron chi connectivity index (χ3n) is 5.10. The lowest BCUT2D eigenvalue weighted by molar-refractivity contribution is 0.0696. The summed E-state index contributed by atoms with van der Waals surface area (Å²) in [7, 11) is 0. The van der Waals surface area contributed by atoms with Crippen LogP contribution in [-0.2, 0) is 13.1 Å². The van der Waals surface area contributed by atoms with Crippen LogP contribution in [-0.4, -0.2) is 26.8 Å². The van der Waals surface area contributed by atoms with Gasteiger partial charge >= 0.3 is 5.97 Å². The second kappa shape index (κ2) is 8.87. The highest BCUT2D eigenvalue weighted by Gasteiger charge is 2.12. The SMILES string of the molecule is N=c1n(CCCOc2ccc(F)cc2)c2ccccc2n1Cc1cccc(C(=O)O)c1. The second-order valence-corrected chi connectivity index (χ2v) is 7.21. The average molecular weight is 419 g/mol. The second-order valence-electron chi connectivity index (χ2n) is 7.21. The van der Waals surface area contributed by atoms with Gasteiger partial charge in [0.05, 0.1) is 29.7 Å².